The molecule has 0 radical (unpaired) electrons. The molecule has 0 saturated carbocycles. The monoisotopic (exact) mass is 342 g/mol. The Morgan fingerprint density at radius 2 is 1.77 bits per heavy atom. The van der Waals surface area contributed by atoms with Crippen LogP contribution in [0, 0.1) is 6.92 Å². The SMILES string of the molecule is Cc1ccc(-c2cc(CC(=O)Nc3cccc4ccccc34)no2)cc1. The highest BCUT2D eigenvalue weighted by atomic mass is 16.5. The number of nitrogens with zero attached hydrogens (tertiary/aromatic N) is 1. The summed E-state index contributed by atoms with van der Waals surface area (Å²) in [4.78, 5) is 12.4. The number of amides is 1. The van der Waals surface area contributed by atoms with Gasteiger partial charge in [0.25, 0.3) is 0 Å². The van der Waals surface area contributed by atoms with Crippen LogP contribution in [0.3, 0.4) is 0 Å². The van der Waals surface area contributed by atoms with Gasteiger partial charge in [-0.05, 0) is 18.4 Å². The molecule has 26 heavy (non-hydrogen) atoms. The molecule has 1 heterocycles. The van der Waals surface area contributed by atoms with E-state index in [0.29, 0.717) is 11.5 Å². The Kier molecular flexibility index (Phi) is 4.23. The second-order valence-electron chi connectivity index (χ2n) is 6.30. The van der Waals surface area contributed by atoms with Crippen molar-refractivity contribution in [2.24, 2.45) is 0 Å². The fraction of sp³-hybridized carbons (Fsp3) is 0.0909. The molecule has 0 aliphatic rings. The largest absolute Gasteiger partial charge is 0.356 e. The van der Waals surface area contributed by atoms with E-state index in [0.717, 1.165) is 22.0 Å². The smallest absolute Gasteiger partial charge is 0.230 e. The van der Waals surface area contributed by atoms with Gasteiger partial charge < -0.3 is 9.84 Å². The molecule has 3 aromatic carbocycles. The first-order valence-corrected chi connectivity index (χ1v) is 8.49. The number of fused-ring (bicyclic) bond motifs is 1. The van der Waals surface area contributed by atoms with Gasteiger partial charge in [0.05, 0.1) is 12.1 Å². The minimum atomic E-state index is -0.120. The Morgan fingerprint density at radius 3 is 2.62 bits per heavy atom. The van der Waals surface area contributed by atoms with E-state index in [1.165, 1.54) is 5.56 Å². The minimum Gasteiger partial charge on any atom is -0.356 e. The van der Waals surface area contributed by atoms with E-state index in [1.54, 1.807) is 0 Å². The predicted molar refractivity (Wildman–Crippen MR) is 103 cm³/mol. The van der Waals surface area contributed by atoms with E-state index in [1.807, 2.05) is 79.7 Å². The highest BCUT2D eigenvalue weighted by molar-refractivity contribution is 6.02. The first-order chi connectivity index (χ1) is 12.7. The summed E-state index contributed by atoms with van der Waals surface area (Å²) in [6.07, 6.45) is 0.165. The highest BCUT2D eigenvalue weighted by Gasteiger charge is 2.12. The van der Waals surface area contributed by atoms with Crippen molar-refractivity contribution in [2.75, 3.05) is 5.32 Å². The standard InChI is InChI=1S/C22H18N2O2/c1-15-9-11-17(12-10-15)21-13-18(24-26-21)14-22(25)23-20-8-4-6-16-5-2-3-7-19(16)20/h2-13H,14H2,1H3,(H,23,25). The molecule has 0 bridgehead atoms. The zero-order chi connectivity index (χ0) is 17.9. The third-order valence-corrected chi connectivity index (χ3v) is 4.30. The maximum Gasteiger partial charge on any atom is 0.230 e. The lowest BCUT2D eigenvalue weighted by Gasteiger charge is -2.07. The van der Waals surface area contributed by atoms with Crippen LogP contribution in [0.1, 0.15) is 11.3 Å². The van der Waals surface area contributed by atoms with Crippen molar-refractivity contribution in [2.45, 2.75) is 13.3 Å². The quantitative estimate of drug-likeness (QED) is 0.569. The van der Waals surface area contributed by atoms with Crippen molar-refractivity contribution in [3.05, 3.63) is 84.1 Å². The zero-order valence-electron chi connectivity index (χ0n) is 14.4. The number of rotatable bonds is 4. The lowest BCUT2D eigenvalue weighted by atomic mass is 10.1. The number of hydrogen-bond donors (Lipinski definition) is 1. The first-order valence-electron chi connectivity index (χ1n) is 8.49. The normalized spacial score (nSPS) is 10.8. The van der Waals surface area contributed by atoms with Crippen LogP contribution in [0.5, 0.6) is 0 Å². The maximum atomic E-state index is 12.4. The lowest BCUT2D eigenvalue weighted by molar-refractivity contribution is -0.115. The third kappa shape index (κ3) is 3.35. The van der Waals surface area contributed by atoms with Gasteiger partial charge in [0.1, 0.15) is 0 Å². The molecule has 0 unspecified atom stereocenters. The Morgan fingerprint density at radius 1 is 1.00 bits per heavy atom. The van der Waals surface area contributed by atoms with Gasteiger partial charge >= 0.3 is 0 Å². The van der Waals surface area contributed by atoms with Gasteiger partial charge in [-0.25, -0.2) is 0 Å². The van der Waals surface area contributed by atoms with Crippen LogP contribution in [0.15, 0.2) is 77.3 Å². The molecule has 4 heteroatoms. The Labute approximate surface area is 151 Å². The summed E-state index contributed by atoms with van der Waals surface area (Å²) in [5, 5.41) is 9.10. The van der Waals surface area contributed by atoms with E-state index in [2.05, 4.69) is 10.5 Å². The van der Waals surface area contributed by atoms with Gasteiger partial charge in [-0.1, -0.05) is 71.4 Å². The number of anilines is 1. The molecule has 1 N–H and O–H groups in total. The predicted octanol–water partition coefficient (Wildman–Crippen LogP) is 4.98. The molecule has 0 fully saturated rings. The van der Waals surface area contributed by atoms with Crippen LogP contribution in [-0.4, -0.2) is 11.1 Å². The topological polar surface area (TPSA) is 55.1 Å². The number of aryl methyl sites for hydroxylation is 1. The Balaban J connectivity index is 1.49. The fourth-order valence-electron chi connectivity index (χ4n) is 2.94. The molecule has 4 nitrogen and oxygen atoms in total. The Bertz CT molecular complexity index is 1060. The molecule has 1 aromatic heterocycles. The Hall–Kier alpha value is -3.40. The number of aromatic nitrogens is 1. The molecule has 1 amide bonds. The van der Waals surface area contributed by atoms with Crippen molar-refractivity contribution in [3.8, 4) is 11.3 Å². The van der Waals surface area contributed by atoms with Crippen LogP contribution in [-0.2, 0) is 11.2 Å². The maximum absolute atomic E-state index is 12.4. The van der Waals surface area contributed by atoms with Crippen LogP contribution in [0.2, 0.25) is 0 Å². The lowest BCUT2D eigenvalue weighted by Crippen LogP contribution is -2.14. The van der Waals surface area contributed by atoms with Crippen LogP contribution in [0.25, 0.3) is 22.1 Å². The summed E-state index contributed by atoms with van der Waals surface area (Å²) in [7, 11) is 0. The summed E-state index contributed by atoms with van der Waals surface area (Å²) < 4.78 is 5.38. The van der Waals surface area contributed by atoms with Crippen molar-refractivity contribution in [1.29, 1.82) is 0 Å². The third-order valence-electron chi connectivity index (χ3n) is 4.30. The molecule has 0 saturated heterocycles. The zero-order valence-corrected chi connectivity index (χ0v) is 14.4. The van der Waals surface area contributed by atoms with Crippen molar-refractivity contribution < 1.29 is 9.32 Å². The average molecular weight is 342 g/mol. The number of benzene rings is 3. The second-order valence-corrected chi connectivity index (χ2v) is 6.30. The van der Waals surface area contributed by atoms with E-state index < -0.39 is 0 Å². The number of hydrogen-bond acceptors (Lipinski definition) is 3. The minimum absolute atomic E-state index is 0.120. The van der Waals surface area contributed by atoms with E-state index in [-0.39, 0.29) is 12.3 Å². The van der Waals surface area contributed by atoms with Gasteiger partial charge in [-0.2, -0.15) is 0 Å². The van der Waals surface area contributed by atoms with Gasteiger partial charge in [-0.15, -0.1) is 0 Å². The number of nitrogens with one attached hydrogen (secondary N) is 1. The van der Waals surface area contributed by atoms with Crippen molar-refractivity contribution in [3.63, 3.8) is 0 Å². The summed E-state index contributed by atoms with van der Waals surface area (Å²) in [5.41, 5.74) is 3.54. The van der Waals surface area contributed by atoms with E-state index in [9.17, 15) is 4.79 Å². The van der Waals surface area contributed by atoms with Crippen molar-refractivity contribution in [1.82, 2.24) is 5.16 Å². The van der Waals surface area contributed by atoms with Crippen LogP contribution in [0.4, 0.5) is 5.69 Å². The highest BCUT2D eigenvalue weighted by Crippen LogP contribution is 2.24. The van der Waals surface area contributed by atoms with Gasteiger partial charge in [0.2, 0.25) is 5.91 Å². The molecule has 0 aliphatic heterocycles. The summed E-state index contributed by atoms with van der Waals surface area (Å²) in [6, 6.07) is 23.6. The number of carbonyl (C=O) groups is 1. The summed E-state index contributed by atoms with van der Waals surface area (Å²) in [5.74, 6) is 0.545. The molecule has 4 rings (SSSR count). The van der Waals surface area contributed by atoms with Crippen LogP contribution < -0.4 is 5.32 Å². The number of carbonyl (C=O) groups excluding carboxylic acids is 1. The van der Waals surface area contributed by atoms with Gasteiger partial charge in [0, 0.05) is 22.7 Å². The summed E-state index contributed by atoms with van der Waals surface area (Å²) in [6.45, 7) is 2.03. The van der Waals surface area contributed by atoms with E-state index in [4.69, 9.17) is 4.52 Å². The van der Waals surface area contributed by atoms with Crippen LogP contribution >= 0.6 is 0 Å². The van der Waals surface area contributed by atoms with Crippen molar-refractivity contribution >= 4 is 22.4 Å². The molecule has 128 valence electrons. The van der Waals surface area contributed by atoms with Gasteiger partial charge in [0.15, 0.2) is 5.76 Å². The molecular formula is C22H18N2O2. The average Bonchev–Trinajstić information content (AvgIpc) is 3.11. The summed E-state index contributed by atoms with van der Waals surface area (Å²) >= 11 is 0. The first kappa shape index (κ1) is 16.1. The second kappa shape index (κ2) is 6.84. The van der Waals surface area contributed by atoms with E-state index >= 15 is 0 Å². The molecular weight excluding hydrogens is 324 g/mol. The fourth-order valence-corrected chi connectivity index (χ4v) is 2.94. The van der Waals surface area contributed by atoms with Gasteiger partial charge in [-0.3, -0.25) is 4.79 Å². The molecule has 0 atom stereocenters. The molecule has 0 spiro atoms. The molecule has 4 aromatic rings. The molecule has 0 aliphatic carbocycles.